The third kappa shape index (κ3) is 2.51. The number of halogens is 2. The maximum atomic E-state index is 13.7. The zero-order valence-corrected chi connectivity index (χ0v) is 10.1. The predicted molar refractivity (Wildman–Crippen MR) is 62.1 cm³/mol. The summed E-state index contributed by atoms with van der Waals surface area (Å²) in [6, 6.07) is 3.31. The highest BCUT2D eigenvalue weighted by atomic mass is 19.1. The second-order valence-corrected chi connectivity index (χ2v) is 4.29. The second-order valence-electron chi connectivity index (χ2n) is 4.29. The van der Waals surface area contributed by atoms with Crippen LogP contribution >= 0.6 is 0 Å². The molecule has 2 rings (SSSR count). The smallest absolute Gasteiger partial charge is 0.310 e. The van der Waals surface area contributed by atoms with Crippen molar-refractivity contribution in [1.82, 2.24) is 5.32 Å². The third-order valence-electron chi connectivity index (χ3n) is 3.16. The van der Waals surface area contributed by atoms with Gasteiger partial charge in [-0.15, -0.1) is 0 Å². The Morgan fingerprint density at radius 2 is 2.22 bits per heavy atom. The second kappa shape index (κ2) is 5.44. The number of ether oxygens (including phenoxy) is 1. The van der Waals surface area contributed by atoms with E-state index in [1.54, 1.807) is 6.92 Å². The molecule has 98 valence electrons. The minimum Gasteiger partial charge on any atom is -0.466 e. The van der Waals surface area contributed by atoms with Gasteiger partial charge in [0.1, 0.15) is 11.6 Å². The predicted octanol–water partition coefficient (Wildman–Crippen LogP) is 1.83. The summed E-state index contributed by atoms with van der Waals surface area (Å²) in [5.74, 6) is -2.18. The molecule has 3 nitrogen and oxygen atoms in total. The molecule has 5 heteroatoms. The Morgan fingerprint density at radius 3 is 2.94 bits per heavy atom. The van der Waals surface area contributed by atoms with Crippen molar-refractivity contribution in [2.45, 2.75) is 12.8 Å². The van der Waals surface area contributed by atoms with E-state index in [1.165, 1.54) is 0 Å². The van der Waals surface area contributed by atoms with Gasteiger partial charge >= 0.3 is 5.97 Å². The summed E-state index contributed by atoms with van der Waals surface area (Å²) in [6.07, 6.45) is 0. The normalized spacial score (nSPS) is 23.1. The van der Waals surface area contributed by atoms with Crippen molar-refractivity contribution in [2.24, 2.45) is 5.92 Å². The molecule has 1 heterocycles. The van der Waals surface area contributed by atoms with Gasteiger partial charge in [-0.25, -0.2) is 8.78 Å². The van der Waals surface area contributed by atoms with E-state index in [4.69, 9.17) is 4.74 Å². The van der Waals surface area contributed by atoms with Gasteiger partial charge < -0.3 is 10.1 Å². The highest BCUT2D eigenvalue weighted by Gasteiger charge is 2.36. The quantitative estimate of drug-likeness (QED) is 0.837. The van der Waals surface area contributed by atoms with Gasteiger partial charge in [0, 0.05) is 19.0 Å². The van der Waals surface area contributed by atoms with Crippen molar-refractivity contribution in [3.63, 3.8) is 0 Å². The Bertz CT molecular complexity index is 451. The Kier molecular flexibility index (Phi) is 3.91. The first-order valence-electron chi connectivity index (χ1n) is 5.95. The summed E-state index contributed by atoms with van der Waals surface area (Å²) in [4.78, 5) is 11.7. The standard InChI is InChI=1S/C13H15F2NO2/c1-2-18-13(17)11-7-16-6-10(11)9-5-8(14)3-4-12(9)15/h3-5,10-11,16H,2,6-7H2,1H3. The van der Waals surface area contributed by atoms with Gasteiger partial charge in [0.05, 0.1) is 12.5 Å². The molecule has 0 radical (unpaired) electrons. The average Bonchev–Trinajstić information content (AvgIpc) is 2.81. The van der Waals surface area contributed by atoms with Crippen LogP contribution in [0.25, 0.3) is 0 Å². The summed E-state index contributed by atoms with van der Waals surface area (Å²) in [5, 5.41) is 3.02. The van der Waals surface area contributed by atoms with Crippen LogP contribution in [-0.4, -0.2) is 25.7 Å². The maximum Gasteiger partial charge on any atom is 0.310 e. The minimum absolute atomic E-state index is 0.234. The van der Waals surface area contributed by atoms with Crippen LogP contribution < -0.4 is 5.32 Å². The van der Waals surface area contributed by atoms with Crippen LogP contribution in [0.2, 0.25) is 0 Å². The summed E-state index contributed by atoms with van der Waals surface area (Å²) >= 11 is 0. The first kappa shape index (κ1) is 13.0. The summed E-state index contributed by atoms with van der Waals surface area (Å²) < 4.78 is 31.8. The lowest BCUT2D eigenvalue weighted by molar-refractivity contribution is -0.147. The third-order valence-corrected chi connectivity index (χ3v) is 3.16. The zero-order valence-electron chi connectivity index (χ0n) is 10.1. The number of nitrogens with one attached hydrogen (secondary N) is 1. The molecule has 0 amide bonds. The molecule has 1 aromatic rings. The van der Waals surface area contributed by atoms with Gasteiger partial charge in [-0.3, -0.25) is 4.79 Å². The van der Waals surface area contributed by atoms with Gasteiger partial charge in [0.25, 0.3) is 0 Å². The highest BCUT2D eigenvalue weighted by Crippen LogP contribution is 2.31. The number of hydrogen-bond donors (Lipinski definition) is 1. The lowest BCUT2D eigenvalue weighted by atomic mass is 9.88. The first-order valence-corrected chi connectivity index (χ1v) is 5.95. The van der Waals surface area contributed by atoms with Crippen molar-refractivity contribution < 1.29 is 18.3 Å². The van der Waals surface area contributed by atoms with E-state index in [9.17, 15) is 13.6 Å². The zero-order chi connectivity index (χ0) is 13.1. The Hall–Kier alpha value is -1.49. The van der Waals surface area contributed by atoms with Crippen LogP contribution in [0.15, 0.2) is 18.2 Å². The molecule has 1 aromatic carbocycles. The molecule has 0 aromatic heterocycles. The van der Waals surface area contributed by atoms with Crippen LogP contribution in [0, 0.1) is 17.6 Å². The van der Waals surface area contributed by atoms with Gasteiger partial charge in [0.15, 0.2) is 0 Å². The first-order chi connectivity index (χ1) is 8.63. The van der Waals surface area contributed by atoms with Crippen molar-refractivity contribution in [3.05, 3.63) is 35.4 Å². The molecule has 2 atom stereocenters. The van der Waals surface area contributed by atoms with Crippen LogP contribution in [0.5, 0.6) is 0 Å². The van der Waals surface area contributed by atoms with E-state index in [0.29, 0.717) is 13.1 Å². The largest absolute Gasteiger partial charge is 0.466 e. The number of carbonyl (C=O) groups excluding carboxylic acids is 1. The molecule has 0 saturated carbocycles. The number of hydrogen-bond acceptors (Lipinski definition) is 3. The minimum atomic E-state index is -0.499. The molecule has 0 bridgehead atoms. The lowest BCUT2D eigenvalue weighted by Gasteiger charge is -2.18. The molecule has 1 aliphatic heterocycles. The van der Waals surface area contributed by atoms with E-state index in [2.05, 4.69) is 5.32 Å². The number of carbonyl (C=O) groups is 1. The van der Waals surface area contributed by atoms with E-state index < -0.39 is 17.6 Å². The van der Waals surface area contributed by atoms with E-state index in [-0.39, 0.29) is 24.1 Å². The fraction of sp³-hybridized carbons (Fsp3) is 0.462. The molecule has 1 N–H and O–H groups in total. The number of benzene rings is 1. The molecule has 2 unspecified atom stereocenters. The molecule has 1 fully saturated rings. The van der Waals surface area contributed by atoms with E-state index >= 15 is 0 Å². The van der Waals surface area contributed by atoms with Crippen molar-refractivity contribution in [1.29, 1.82) is 0 Å². The molecule has 1 saturated heterocycles. The van der Waals surface area contributed by atoms with Crippen molar-refractivity contribution in [3.8, 4) is 0 Å². The molecule has 0 spiro atoms. The summed E-state index contributed by atoms with van der Waals surface area (Å²) in [5.41, 5.74) is 0.234. The number of rotatable bonds is 3. The molecule has 18 heavy (non-hydrogen) atoms. The van der Waals surface area contributed by atoms with Crippen molar-refractivity contribution in [2.75, 3.05) is 19.7 Å². The molecule has 0 aliphatic carbocycles. The van der Waals surface area contributed by atoms with Crippen LogP contribution in [0.1, 0.15) is 18.4 Å². The fourth-order valence-electron chi connectivity index (χ4n) is 2.30. The summed E-state index contributed by atoms with van der Waals surface area (Å²) in [7, 11) is 0. The monoisotopic (exact) mass is 255 g/mol. The van der Waals surface area contributed by atoms with Crippen molar-refractivity contribution >= 4 is 5.97 Å². The highest BCUT2D eigenvalue weighted by molar-refractivity contribution is 5.74. The average molecular weight is 255 g/mol. The van der Waals surface area contributed by atoms with Gasteiger partial charge in [-0.2, -0.15) is 0 Å². The molecular formula is C13H15F2NO2. The van der Waals surface area contributed by atoms with Gasteiger partial charge in [-0.05, 0) is 30.7 Å². The van der Waals surface area contributed by atoms with E-state index in [1.807, 2.05) is 0 Å². The Balaban J connectivity index is 2.25. The maximum absolute atomic E-state index is 13.7. The van der Waals surface area contributed by atoms with Crippen LogP contribution in [0.3, 0.4) is 0 Å². The lowest BCUT2D eigenvalue weighted by Crippen LogP contribution is -2.24. The van der Waals surface area contributed by atoms with E-state index in [0.717, 1.165) is 18.2 Å². The number of esters is 1. The summed E-state index contributed by atoms with van der Waals surface area (Å²) in [6.45, 7) is 2.88. The van der Waals surface area contributed by atoms with Gasteiger partial charge in [-0.1, -0.05) is 0 Å². The molecular weight excluding hydrogens is 240 g/mol. The fourth-order valence-corrected chi connectivity index (χ4v) is 2.30. The Morgan fingerprint density at radius 1 is 1.44 bits per heavy atom. The van der Waals surface area contributed by atoms with Gasteiger partial charge in [0.2, 0.25) is 0 Å². The molecule has 1 aliphatic rings. The van der Waals surface area contributed by atoms with Crippen LogP contribution in [-0.2, 0) is 9.53 Å². The SMILES string of the molecule is CCOC(=O)C1CNCC1c1cc(F)ccc1F. The topological polar surface area (TPSA) is 38.3 Å². The van der Waals surface area contributed by atoms with Crippen LogP contribution in [0.4, 0.5) is 8.78 Å². The Labute approximate surface area is 104 Å².